The highest BCUT2D eigenvalue weighted by molar-refractivity contribution is 5.85. The summed E-state index contributed by atoms with van der Waals surface area (Å²) >= 11 is 0. The minimum Gasteiger partial charge on any atom is -0.314 e. The van der Waals surface area contributed by atoms with E-state index in [9.17, 15) is 0 Å². The second-order valence-electron chi connectivity index (χ2n) is 6.19. The van der Waals surface area contributed by atoms with Gasteiger partial charge in [-0.2, -0.15) is 0 Å². The fourth-order valence-corrected chi connectivity index (χ4v) is 2.92. The topological polar surface area (TPSA) is 15.3 Å². The van der Waals surface area contributed by atoms with Crippen LogP contribution in [0.2, 0.25) is 0 Å². The van der Waals surface area contributed by atoms with E-state index in [4.69, 9.17) is 0 Å². The molecule has 0 amide bonds. The average molecular weight is 333 g/mol. The molecular formula is C17H30Cl2N2. The molecule has 1 saturated heterocycles. The summed E-state index contributed by atoms with van der Waals surface area (Å²) in [6, 6.07) is 9.67. The van der Waals surface area contributed by atoms with Crippen molar-refractivity contribution in [1.29, 1.82) is 0 Å². The van der Waals surface area contributed by atoms with E-state index in [-0.39, 0.29) is 24.8 Å². The summed E-state index contributed by atoms with van der Waals surface area (Å²) < 4.78 is 0. The van der Waals surface area contributed by atoms with Crippen LogP contribution < -0.4 is 5.32 Å². The van der Waals surface area contributed by atoms with E-state index in [0.717, 1.165) is 19.0 Å². The molecule has 1 N–H and O–H groups in total. The highest BCUT2D eigenvalue weighted by atomic mass is 35.5. The molecule has 0 unspecified atom stereocenters. The highest BCUT2D eigenvalue weighted by Crippen LogP contribution is 2.28. The van der Waals surface area contributed by atoms with Crippen LogP contribution in [-0.4, -0.2) is 31.1 Å². The van der Waals surface area contributed by atoms with Gasteiger partial charge in [-0.3, -0.25) is 4.90 Å². The number of rotatable bonds is 5. The maximum absolute atomic E-state index is 3.46. The van der Waals surface area contributed by atoms with Gasteiger partial charge in [0.1, 0.15) is 0 Å². The van der Waals surface area contributed by atoms with Gasteiger partial charge >= 0.3 is 0 Å². The van der Waals surface area contributed by atoms with Crippen molar-refractivity contribution in [3.8, 4) is 0 Å². The Bertz CT molecular complexity index is 390. The number of hydrogen-bond acceptors (Lipinski definition) is 2. The van der Waals surface area contributed by atoms with Gasteiger partial charge in [0.25, 0.3) is 0 Å². The highest BCUT2D eigenvalue weighted by Gasteiger charge is 2.22. The van der Waals surface area contributed by atoms with Crippen molar-refractivity contribution in [2.45, 2.75) is 39.7 Å². The van der Waals surface area contributed by atoms with E-state index in [1.54, 1.807) is 0 Å². The van der Waals surface area contributed by atoms with Gasteiger partial charge in [0.15, 0.2) is 0 Å². The molecule has 21 heavy (non-hydrogen) atoms. The summed E-state index contributed by atoms with van der Waals surface area (Å²) in [6.07, 6.45) is 2.59. The minimum atomic E-state index is 0. The van der Waals surface area contributed by atoms with Gasteiger partial charge in [-0.15, -0.1) is 24.8 Å². The lowest BCUT2D eigenvalue weighted by atomic mass is 9.95. The third-order valence-electron chi connectivity index (χ3n) is 4.04. The van der Waals surface area contributed by atoms with Crippen molar-refractivity contribution in [3.63, 3.8) is 0 Å². The monoisotopic (exact) mass is 332 g/mol. The maximum Gasteiger partial charge on any atom is 0.0349 e. The molecule has 2 rings (SSSR count). The van der Waals surface area contributed by atoms with Crippen molar-refractivity contribution >= 4 is 24.8 Å². The fourth-order valence-electron chi connectivity index (χ4n) is 2.92. The molecule has 1 atom stereocenters. The first-order valence-corrected chi connectivity index (χ1v) is 7.68. The molecule has 4 heteroatoms. The van der Waals surface area contributed by atoms with E-state index < -0.39 is 0 Å². The quantitative estimate of drug-likeness (QED) is 0.868. The lowest BCUT2D eigenvalue weighted by Gasteiger charge is -2.35. The lowest BCUT2D eigenvalue weighted by molar-refractivity contribution is 0.160. The Kier molecular flexibility index (Phi) is 10.3. The first-order chi connectivity index (χ1) is 9.16. The van der Waals surface area contributed by atoms with Crippen LogP contribution in [0.25, 0.3) is 0 Å². The van der Waals surface area contributed by atoms with Crippen LogP contribution in [0.1, 0.15) is 43.9 Å². The van der Waals surface area contributed by atoms with Crippen LogP contribution >= 0.6 is 24.8 Å². The standard InChI is InChI=1S/C17H28N2.2ClH/c1-14(2)7-8-17(19-11-9-18-10-12-19)16-6-4-5-15(3)13-16;;/h4-6,13-14,17-18H,7-12H2,1-3H3;2*1H/t17-;;/m0../s1. The third-order valence-corrected chi connectivity index (χ3v) is 4.04. The molecule has 0 aromatic heterocycles. The first kappa shape index (κ1) is 20.7. The molecule has 1 aromatic carbocycles. The maximum atomic E-state index is 3.46. The largest absolute Gasteiger partial charge is 0.314 e. The molecule has 122 valence electrons. The van der Waals surface area contributed by atoms with E-state index in [1.807, 2.05) is 0 Å². The van der Waals surface area contributed by atoms with Crippen molar-refractivity contribution in [1.82, 2.24) is 10.2 Å². The van der Waals surface area contributed by atoms with Gasteiger partial charge in [-0.1, -0.05) is 43.7 Å². The molecular weight excluding hydrogens is 303 g/mol. The van der Waals surface area contributed by atoms with E-state index >= 15 is 0 Å². The molecule has 2 nitrogen and oxygen atoms in total. The summed E-state index contributed by atoms with van der Waals surface area (Å²) in [5, 5.41) is 3.46. The Hall–Kier alpha value is -0.280. The molecule has 0 saturated carbocycles. The average Bonchev–Trinajstić information content (AvgIpc) is 2.40. The minimum absolute atomic E-state index is 0. The van der Waals surface area contributed by atoms with Crippen LogP contribution in [0.3, 0.4) is 0 Å². The van der Waals surface area contributed by atoms with Crippen LogP contribution in [0.4, 0.5) is 0 Å². The van der Waals surface area contributed by atoms with Crippen molar-refractivity contribution in [2.24, 2.45) is 5.92 Å². The van der Waals surface area contributed by atoms with Gasteiger partial charge in [0, 0.05) is 32.2 Å². The predicted molar refractivity (Wildman–Crippen MR) is 96.9 cm³/mol. The number of halogens is 2. The summed E-state index contributed by atoms with van der Waals surface area (Å²) in [5.41, 5.74) is 2.88. The van der Waals surface area contributed by atoms with Gasteiger partial charge in [0.2, 0.25) is 0 Å². The summed E-state index contributed by atoms with van der Waals surface area (Å²) in [6.45, 7) is 11.5. The molecule has 0 spiro atoms. The number of benzene rings is 1. The molecule has 1 aromatic rings. The summed E-state index contributed by atoms with van der Waals surface area (Å²) in [7, 11) is 0. The number of nitrogens with zero attached hydrogens (tertiary/aromatic N) is 1. The van der Waals surface area contributed by atoms with Gasteiger partial charge < -0.3 is 5.32 Å². The molecule has 0 bridgehead atoms. The third kappa shape index (κ3) is 6.56. The SMILES string of the molecule is Cc1cccc([C@H](CCC(C)C)N2CCNCC2)c1.Cl.Cl. The molecule has 1 heterocycles. The zero-order chi connectivity index (χ0) is 13.7. The number of hydrogen-bond donors (Lipinski definition) is 1. The molecule has 0 radical (unpaired) electrons. The zero-order valence-electron chi connectivity index (χ0n) is 13.5. The van der Waals surface area contributed by atoms with E-state index in [2.05, 4.69) is 55.3 Å². The van der Waals surface area contributed by atoms with Gasteiger partial charge in [0.05, 0.1) is 0 Å². The molecule has 1 aliphatic rings. The smallest absolute Gasteiger partial charge is 0.0349 e. The van der Waals surface area contributed by atoms with Gasteiger partial charge in [-0.05, 0) is 31.2 Å². The number of nitrogens with one attached hydrogen (secondary N) is 1. The Morgan fingerprint density at radius 2 is 1.76 bits per heavy atom. The Morgan fingerprint density at radius 3 is 2.33 bits per heavy atom. The Balaban J connectivity index is 0.00000200. The number of piperazine rings is 1. The number of aryl methyl sites for hydroxylation is 1. The first-order valence-electron chi connectivity index (χ1n) is 7.68. The molecule has 1 fully saturated rings. The van der Waals surface area contributed by atoms with E-state index in [1.165, 1.54) is 37.1 Å². The Labute approximate surface area is 142 Å². The predicted octanol–water partition coefficient (Wildman–Crippen LogP) is 4.22. The fraction of sp³-hybridized carbons (Fsp3) is 0.647. The summed E-state index contributed by atoms with van der Waals surface area (Å²) in [5.74, 6) is 0.787. The van der Waals surface area contributed by atoms with Crippen LogP contribution in [-0.2, 0) is 0 Å². The van der Waals surface area contributed by atoms with Crippen LogP contribution in [0.15, 0.2) is 24.3 Å². The molecule has 0 aliphatic carbocycles. The van der Waals surface area contributed by atoms with Crippen LogP contribution in [0.5, 0.6) is 0 Å². The van der Waals surface area contributed by atoms with Crippen molar-refractivity contribution in [2.75, 3.05) is 26.2 Å². The lowest BCUT2D eigenvalue weighted by Crippen LogP contribution is -2.45. The van der Waals surface area contributed by atoms with Crippen molar-refractivity contribution in [3.05, 3.63) is 35.4 Å². The normalized spacial score (nSPS) is 17.0. The van der Waals surface area contributed by atoms with Crippen molar-refractivity contribution < 1.29 is 0 Å². The van der Waals surface area contributed by atoms with Crippen LogP contribution in [0, 0.1) is 12.8 Å². The second-order valence-corrected chi connectivity index (χ2v) is 6.19. The molecule has 1 aliphatic heterocycles. The Morgan fingerprint density at radius 1 is 1.10 bits per heavy atom. The second kappa shape index (κ2) is 10.4. The zero-order valence-corrected chi connectivity index (χ0v) is 15.1. The van der Waals surface area contributed by atoms with Gasteiger partial charge in [-0.25, -0.2) is 0 Å². The van der Waals surface area contributed by atoms with E-state index in [0.29, 0.717) is 6.04 Å². The summed E-state index contributed by atoms with van der Waals surface area (Å²) in [4.78, 5) is 2.66.